The highest BCUT2D eigenvalue weighted by Gasteiger charge is 2.32. The molecule has 1 aliphatic rings. The van der Waals surface area contributed by atoms with Crippen LogP contribution in [0.5, 0.6) is 5.75 Å². The van der Waals surface area contributed by atoms with Crippen LogP contribution in [0.1, 0.15) is 16.7 Å². The Kier molecular flexibility index (Phi) is 7.60. The summed E-state index contributed by atoms with van der Waals surface area (Å²) in [5.74, 6) is 0.904. The number of ether oxygens (including phenoxy) is 1. The number of benzene rings is 2. The van der Waals surface area contributed by atoms with E-state index in [4.69, 9.17) is 16.3 Å². The molecule has 2 aromatic carbocycles. The third-order valence-corrected chi connectivity index (χ3v) is 7.25. The Bertz CT molecular complexity index is 1060. The van der Waals surface area contributed by atoms with Gasteiger partial charge in [-0.25, -0.2) is 8.42 Å². The number of halogens is 1. The molecule has 0 aliphatic carbocycles. The molecule has 3 rings (SSSR count). The molecule has 1 heterocycles. The Hall–Kier alpha value is -2.11. The average Bonchev–Trinajstić information content (AvgIpc) is 3.14. The second-order valence-electron chi connectivity index (χ2n) is 8.12. The summed E-state index contributed by atoms with van der Waals surface area (Å²) in [5, 5.41) is 19.6. The maximum Gasteiger partial charge on any atom is 0.175 e. The van der Waals surface area contributed by atoms with Crippen LogP contribution in [-0.2, 0) is 16.3 Å². The van der Waals surface area contributed by atoms with Gasteiger partial charge in [0.2, 0.25) is 0 Å². The van der Waals surface area contributed by atoms with Crippen molar-refractivity contribution in [1.29, 1.82) is 5.26 Å². The summed E-state index contributed by atoms with van der Waals surface area (Å²) in [7, 11) is -3.23. The Morgan fingerprint density at radius 3 is 2.52 bits per heavy atom. The van der Waals surface area contributed by atoms with E-state index in [0.717, 1.165) is 37.2 Å². The van der Waals surface area contributed by atoms with Gasteiger partial charge in [-0.2, -0.15) is 5.26 Å². The number of nitriles is 1. The van der Waals surface area contributed by atoms with Crippen LogP contribution in [-0.4, -0.2) is 57.5 Å². The molecular weight excluding hydrogens is 436 g/mol. The highest BCUT2D eigenvalue weighted by Crippen LogP contribution is 2.26. The zero-order valence-corrected chi connectivity index (χ0v) is 19.3. The summed E-state index contributed by atoms with van der Waals surface area (Å²) in [4.78, 5) is 2.56. The molecule has 0 radical (unpaired) electrons. The van der Waals surface area contributed by atoms with E-state index >= 15 is 0 Å². The quantitative estimate of drug-likeness (QED) is 0.648. The minimum Gasteiger partial charge on any atom is -0.493 e. The van der Waals surface area contributed by atoms with Crippen LogP contribution in [0.15, 0.2) is 41.3 Å². The lowest BCUT2D eigenvalue weighted by molar-refractivity contribution is 0.162. The molecule has 0 bridgehead atoms. The Morgan fingerprint density at radius 1 is 1.23 bits per heavy atom. The molecule has 2 aromatic rings. The summed E-state index contributed by atoms with van der Waals surface area (Å²) in [6, 6.07) is 12.2. The van der Waals surface area contributed by atoms with Crippen LogP contribution in [0.2, 0.25) is 5.02 Å². The van der Waals surface area contributed by atoms with E-state index < -0.39 is 9.84 Å². The van der Waals surface area contributed by atoms with Crippen molar-refractivity contribution in [3.05, 3.63) is 58.1 Å². The van der Waals surface area contributed by atoms with E-state index in [-0.39, 0.29) is 23.3 Å². The third kappa shape index (κ3) is 5.98. The second kappa shape index (κ2) is 10.0. The lowest BCUT2D eigenvalue weighted by Crippen LogP contribution is -2.25. The number of likely N-dealkylation sites (tertiary alicyclic amines) is 1. The van der Waals surface area contributed by atoms with Crippen molar-refractivity contribution in [2.75, 3.05) is 39.1 Å². The lowest BCUT2D eigenvalue weighted by atomic mass is 9.98. The zero-order chi connectivity index (χ0) is 22.6. The van der Waals surface area contributed by atoms with Gasteiger partial charge in [0.15, 0.2) is 9.84 Å². The van der Waals surface area contributed by atoms with Crippen LogP contribution < -0.4 is 4.74 Å². The summed E-state index contributed by atoms with van der Waals surface area (Å²) < 4.78 is 29.0. The average molecular weight is 463 g/mol. The molecule has 1 fully saturated rings. The van der Waals surface area contributed by atoms with Crippen LogP contribution in [0, 0.1) is 30.1 Å². The van der Waals surface area contributed by atoms with Gasteiger partial charge in [-0.3, -0.25) is 0 Å². The largest absolute Gasteiger partial charge is 0.493 e. The van der Waals surface area contributed by atoms with Crippen molar-refractivity contribution < 1.29 is 18.3 Å². The fourth-order valence-corrected chi connectivity index (χ4v) is 4.86. The van der Waals surface area contributed by atoms with Crippen molar-refractivity contribution in [3.63, 3.8) is 0 Å². The molecular formula is C23H27ClN2O4S. The molecule has 1 aliphatic heterocycles. The standard InChI is InChI=1S/C23H27ClN2O4S/c1-16-17(9-21(24)10-18(16)11-25)7-8-26-12-19(14-27)20(13-26)15-30-22-3-5-23(6-4-22)31(2,28)29/h3-6,9-10,19-20,27H,7-8,12-15H2,1-2H3/t19-,20-/m0/s1. The van der Waals surface area contributed by atoms with Crippen molar-refractivity contribution in [1.82, 2.24) is 4.90 Å². The van der Waals surface area contributed by atoms with Gasteiger partial charge in [-0.05, 0) is 60.9 Å². The number of nitrogens with zero attached hydrogens (tertiary/aromatic N) is 2. The van der Waals surface area contributed by atoms with E-state index in [1.165, 1.54) is 18.4 Å². The molecule has 0 saturated carbocycles. The Morgan fingerprint density at radius 2 is 1.90 bits per heavy atom. The van der Waals surface area contributed by atoms with Gasteiger partial charge in [0.1, 0.15) is 5.75 Å². The van der Waals surface area contributed by atoms with Crippen molar-refractivity contribution >= 4 is 21.4 Å². The van der Waals surface area contributed by atoms with Crippen LogP contribution in [0.4, 0.5) is 0 Å². The molecule has 1 N–H and O–H groups in total. The number of aliphatic hydroxyl groups excluding tert-OH is 1. The Labute approximate surface area is 188 Å². The van der Waals surface area contributed by atoms with Gasteiger partial charge in [0, 0.05) is 49.4 Å². The highest BCUT2D eigenvalue weighted by molar-refractivity contribution is 7.90. The van der Waals surface area contributed by atoms with E-state index in [1.807, 2.05) is 13.0 Å². The number of hydrogen-bond acceptors (Lipinski definition) is 6. The number of sulfone groups is 1. The normalized spacial score (nSPS) is 19.3. The minimum absolute atomic E-state index is 0.0896. The molecule has 31 heavy (non-hydrogen) atoms. The van der Waals surface area contributed by atoms with Crippen molar-refractivity contribution in [2.45, 2.75) is 18.2 Å². The van der Waals surface area contributed by atoms with Gasteiger partial charge < -0.3 is 14.7 Å². The SMILES string of the molecule is Cc1c(C#N)cc(Cl)cc1CCN1C[C@@H](CO)[C@H](COc2ccc(S(C)(=O)=O)cc2)C1. The second-order valence-corrected chi connectivity index (χ2v) is 10.6. The number of hydrogen-bond donors (Lipinski definition) is 1. The van der Waals surface area contributed by atoms with Crippen LogP contribution in [0.3, 0.4) is 0 Å². The van der Waals surface area contributed by atoms with Crippen LogP contribution in [0.25, 0.3) is 0 Å². The predicted octanol–water partition coefficient (Wildman–Crippen LogP) is 3.09. The Balaban J connectivity index is 1.57. The number of rotatable bonds is 8. The first-order valence-electron chi connectivity index (χ1n) is 10.2. The van der Waals surface area contributed by atoms with Gasteiger partial charge in [-0.15, -0.1) is 0 Å². The van der Waals surface area contributed by atoms with Crippen molar-refractivity contribution in [3.8, 4) is 11.8 Å². The van der Waals surface area contributed by atoms with Gasteiger partial charge in [0.25, 0.3) is 0 Å². The molecule has 166 valence electrons. The molecule has 6 nitrogen and oxygen atoms in total. The topological polar surface area (TPSA) is 90.6 Å². The lowest BCUT2D eigenvalue weighted by Gasteiger charge is -2.18. The highest BCUT2D eigenvalue weighted by atomic mass is 35.5. The van der Waals surface area contributed by atoms with Crippen molar-refractivity contribution in [2.24, 2.45) is 11.8 Å². The van der Waals surface area contributed by atoms with E-state index in [9.17, 15) is 18.8 Å². The van der Waals surface area contributed by atoms with Gasteiger partial charge >= 0.3 is 0 Å². The molecule has 8 heteroatoms. The smallest absolute Gasteiger partial charge is 0.175 e. The summed E-state index contributed by atoms with van der Waals surface area (Å²) >= 11 is 6.15. The van der Waals surface area contributed by atoms with Crippen LogP contribution >= 0.6 is 11.6 Å². The fourth-order valence-electron chi connectivity index (χ4n) is 3.99. The monoisotopic (exact) mass is 462 g/mol. The molecule has 0 aromatic heterocycles. The first-order chi connectivity index (χ1) is 14.7. The fraction of sp³-hybridized carbons (Fsp3) is 0.435. The third-order valence-electron chi connectivity index (χ3n) is 5.90. The van der Waals surface area contributed by atoms with E-state index in [1.54, 1.807) is 18.2 Å². The predicted molar refractivity (Wildman–Crippen MR) is 120 cm³/mol. The van der Waals surface area contributed by atoms with E-state index in [2.05, 4.69) is 11.0 Å². The maximum atomic E-state index is 11.6. The molecule has 0 spiro atoms. The summed E-state index contributed by atoms with van der Waals surface area (Å²) in [6.45, 7) is 4.87. The first kappa shape index (κ1) is 23.6. The zero-order valence-electron chi connectivity index (χ0n) is 17.7. The van der Waals surface area contributed by atoms with E-state index in [0.29, 0.717) is 22.9 Å². The maximum absolute atomic E-state index is 11.6. The molecule has 0 unspecified atom stereocenters. The first-order valence-corrected chi connectivity index (χ1v) is 12.4. The molecule has 0 amide bonds. The number of aliphatic hydroxyl groups is 1. The molecule has 2 atom stereocenters. The molecule has 1 saturated heterocycles. The minimum atomic E-state index is -3.23. The summed E-state index contributed by atoms with van der Waals surface area (Å²) in [5.41, 5.74) is 2.63. The van der Waals surface area contributed by atoms with Gasteiger partial charge in [0.05, 0.1) is 23.1 Å². The van der Waals surface area contributed by atoms with Gasteiger partial charge in [-0.1, -0.05) is 11.6 Å². The summed E-state index contributed by atoms with van der Waals surface area (Å²) in [6.07, 6.45) is 1.95.